The lowest BCUT2D eigenvalue weighted by atomic mass is 10.1. The number of ether oxygens (including phenoxy) is 1. The summed E-state index contributed by atoms with van der Waals surface area (Å²) >= 11 is 2.96. The van der Waals surface area contributed by atoms with Crippen LogP contribution in [0.15, 0.2) is 51.8 Å². The largest absolute Gasteiger partial charge is 0.376 e. The smallest absolute Gasteiger partial charge is 0.238 e. The van der Waals surface area contributed by atoms with Crippen LogP contribution in [0.3, 0.4) is 0 Å². The van der Waals surface area contributed by atoms with Gasteiger partial charge in [-0.1, -0.05) is 30.0 Å². The van der Waals surface area contributed by atoms with Crippen molar-refractivity contribution in [1.29, 1.82) is 0 Å². The fourth-order valence-electron chi connectivity index (χ4n) is 3.51. The number of nitrogens with two attached hydrogens (primary N) is 1. The first kappa shape index (κ1) is 23.9. The van der Waals surface area contributed by atoms with Crippen molar-refractivity contribution in [1.82, 2.24) is 20.1 Å². The first-order valence-electron chi connectivity index (χ1n) is 10.5. The normalized spacial score (nSPS) is 16.2. The third-order valence-electron chi connectivity index (χ3n) is 5.19. The number of benzene rings is 1. The predicted molar refractivity (Wildman–Crippen MR) is 128 cm³/mol. The molecule has 3 N–H and O–H groups in total. The lowest BCUT2D eigenvalue weighted by molar-refractivity contribution is -0.118. The van der Waals surface area contributed by atoms with Crippen LogP contribution in [0.25, 0.3) is 10.7 Å². The maximum Gasteiger partial charge on any atom is 0.238 e. The van der Waals surface area contributed by atoms with Crippen LogP contribution in [-0.2, 0) is 32.5 Å². The number of nitrogens with zero attached hydrogens (tertiary/aromatic N) is 3. The number of hydrogen-bond acceptors (Lipinski definition) is 8. The number of primary sulfonamides is 1. The van der Waals surface area contributed by atoms with Gasteiger partial charge in [-0.05, 0) is 48.4 Å². The molecule has 4 rings (SSSR count). The highest BCUT2D eigenvalue weighted by atomic mass is 32.2. The summed E-state index contributed by atoms with van der Waals surface area (Å²) in [5.74, 6) is 0.912. The first-order chi connectivity index (χ1) is 15.9. The zero-order valence-corrected chi connectivity index (χ0v) is 20.3. The van der Waals surface area contributed by atoms with Gasteiger partial charge >= 0.3 is 0 Å². The molecule has 3 heterocycles. The van der Waals surface area contributed by atoms with Crippen molar-refractivity contribution in [3.8, 4) is 10.7 Å². The molecule has 0 saturated carbocycles. The summed E-state index contributed by atoms with van der Waals surface area (Å²) in [4.78, 5) is 13.5. The Bertz CT molecular complexity index is 1170. The zero-order chi connectivity index (χ0) is 23.3. The third kappa shape index (κ3) is 6.42. The van der Waals surface area contributed by atoms with Gasteiger partial charge in [-0.15, -0.1) is 21.5 Å². The van der Waals surface area contributed by atoms with Crippen LogP contribution in [0.5, 0.6) is 0 Å². The van der Waals surface area contributed by atoms with Gasteiger partial charge in [0.15, 0.2) is 11.0 Å². The Morgan fingerprint density at radius 1 is 1.27 bits per heavy atom. The monoisotopic (exact) mass is 507 g/mol. The van der Waals surface area contributed by atoms with E-state index >= 15 is 0 Å². The number of sulfonamides is 1. The molecule has 9 nitrogen and oxygen atoms in total. The Kier molecular flexibility index (Phi) is 7.81. The second-order valence-corrected chi connectivity index (χ2v) is 11.1. The molecule has 12 heteroatoms. The molecule has 1 amide bonds. The fourth-order valence-corrected chi connectivity index (χ4v) is 5.52. The lowest BCUT2D eigenvalue weighted by Crippen LogP contribution is -2.27. The molecular weight excluding hydrogens is 482 g/mol. The van der Waals surface area contributed by atoms with Crippen molar-refractivity contribution in [2.45, 2.75) is 42.0 Å². The Hall–Kier alpha value is -2.25. The van der Waals surface area contributed by atoms with E-state index in [9.17, 15) is 13.2 Å². The summed E-state index contributed by atoms with van der Waals surface area (Å²) in [5, 5.41) is 19.4. The van der Waals surface area contributed by atoms with Crippen LogP contribution >= 0.6 is 23.1 Å². The third-order valence-corrected chi connectivity index (χ3v) is 7.95. The molecule has 176 valence electrons. The van der Waals surface area contributed by atoms with Crippen molar-refractivity contribution in [3.63, 3.8) is 0 Å². The number of aromatic nitrogens is 3. The summed E-state index contributed by atoms with van der Waals surface area (Å²) in [6, 6.07) is 10.3. The average molecular weight is 508 g/mol. The SMILES string of the molecule is NS(=O)(=O)c1ccc(CCNC(=O)CSc2nnc(-c3cccs3)n2C[C@H]2CCCO2)cc1. The molecule has 1 aliphatic rings. The van der Waals surface area contributed by atoms with Crippen molar-refractivity contribution in [3.05, 3.63) is 47.3 Å². The Labute approximate surface area is 200 Å². The molecule has 1 aliphatic heterocycles. The van der Waals surface area contributed by atoms with Crippen LogP contribution in [0.2, 0.25) is 0 Å². The predicted octanol–water partition coefficient (Wildman–Crippen LogP) is 2.28. The van der Waals surface area contributed by atoms with Gasteiger partial charge in [-0.2, -0.15) is 0 Å². The van der Waals surface area contributed by atoms with Gasteiger partial charge < -0.3 is 10.1 Å². The van der Waals surface area contributed by atoms with Crippen molar-refractivity contribution < 1.29 is 17.9 Å². The van der Waals surface area contributed by atoms with E-state index in [0.29, 0.717) is 24.7 Å². The van der Waals surface area contributed by atoms with Crippen LogP contribution in [0.4, 0.5) is 0 Å². The van der Waals surface area contributed by atoms with Gasteiger partial charge in [0.25, 0.3) is 0 Å². The van der Waals surface area contributed by atoms with E-state index in [2.05, 4.69) is 15.5 Å². The van der Waals surface area contributed by atoms with E-state index in [1.165, 1.54) is 23.9 Å². The van der Waals surface area contributed by atoms with Crippen LogP contribution in [-0.4, -0.2) is 54.1 Å². The number of rotatable bonds is 10. The fraction of sp³-hybridized carbons (Fsp3) is 0.381. The molecule has 0 unspecified atom stereocenters. The summed E-state index contributed by atoms with van der Waals surface area (Å²) in [6.45, 7) is 1.88. The molecule has 1 atom stereocenters. The second-order valence-electron chi connectivity index (χ2n) is 7.61. The van der Waals surface area contributed by atoms with Gasteiger partial charge in [0.2, 0.25) is 15.9 Å². The molecular formula is C21H25N5O4S3. The highest BCUT2D eigenvalue weighted by molar-refractivity contribution is 7.99. The minimum absolute atomic E-state index is 0.0701. The Balaban J connectivity index is 1.31. The van der Waals surface area contributed by atoms with Crippen molar-refractivity contribution >= 4 is 39.0 Å². The van der Waals surface area contributed by atoms with E-state index in [0.717, 1.165) is 35.7 Å². The number of nitrogens with one attached hydrogen (secondary N) is 1. The quantitative estimate of drug-likeness (QED) is 0.403. The minimum Gasteiger partial charge on any atom is -0.376 e. The van der Waals surface area contributed by atoms with E-state index in [1.807, 2.05) is 22.1 Å². The van der Waals surface area contributed by atoms with Gasteiger partial charge in [0.05, 0.1) is 28.2 Å². The van der Waals surface area contributed by atoms with Gasteiger partial charge in [-0.3, -0.25) is 9.36 Å². The Morgan fingerprint density at radius 2 is 2.09 bits per heavy atom. The molecule has 0 aliphatic carbocycles. The van der Waals surface area contributed by atoms with Crippen molar-refractivity contribution in [2.24, 2.45) is 5.14 Å². The molecule has 1 fully saturated rings. The summed E-state index contributed by atoms with van der Waals surface area (Å²) in [6.07, 6.45) is 2.77. The topological polar surface area (TPSA) is 129 Å². The van der Waals surface area contributed by atoms with E-state index in [1.54, 1.807) is 23.5 Å². The first-order valence-corrected chi connectivity index (χ1v) is 13.9. The van der Waals surface area contributed by atoms with E-state index in [-0.39, 0.29) is 22.7 Å². The molecule has 1 saturated heterocycles. The highest BCUT2D eigenvalue weighted by Gasteiger charge is 2.22. The van der Waals surface area contributed by atoms with E-state index in [4.69, 9.17) is 9.88 Å². The molecule has 3 aromatic rings. The standard InChI is InChI=1S/C21H25N5O4S3/c22-33(28,29)17-7-5-15(6-8-17)9-10-23-19(27)14-32-21-25-24-20(18-4-2-12-31-18)26(21)13-16-3-1-11-30-16/h2,4-8,12,16H,1,3,9-11,13-14H2,(H,23,27)(H2,22,28,29)/t16-/m1/s1. The number of hydrogen-bond donors (Lipinski definition) is 2. The molecule has 0 spiro atoms. The number of thioether (sulfide) groups is 1. The number of amides is 1. The summed E-state index contributed by atoms with van der Waals surface area (Å²) in [7, 11) is -3.70. The molecule has 1 aromatic carbocycles. The molecule has 33 heavy (non-hydrogen) atoms. The minimum atomic E-state index is -3.70. The lowest BCUT2D eigenvalue weighted by Gasteiger charge is -2.14. The van der Waals surface area contributed by atoms with Crippen molar-refractivity contribution in [2.75, 3.05) is 18.9 Å². The summed E-state index contributed by atoms with van der Waals surface area (Å²) < 4.78 is 30.5. The van der Waals surface area contributed by atoms with Gasteiger partial charge in [-0.25, -0.2) is 13.6 Å². The average Bonchev–Trinajstić information content (AvgIpc) is 3.55. The molecule has 0 bridgehead atoms. The maximum atomic E-state index is 12.4. The number of carbonyl (C=O) groups is 1. The van der Waals surface area contributed by atoms with Gasteiger partial charge in [0, 0.05) is 13.2 Å². The molecule has 2 aromatic heterocycles. The summed E-state index contributed by atoms with van der Waals surface area (Å²) in [5.41, 5.74) is 0.909. The van der Waals surface area contributed by atoms with Crippen LogP contribution < -0.4 is 10.5 Å². The maximum absolute atomic E-state index is 12.4. The van der Waals surface area contributed by atoms with Crippen LogP contribution in [0, 0.1) is 0 Å². The second kappa shape index (κ2) is 10.8. The van der Waals surface area contributed by atoms with E-state index < -0.39 is 10.0 Å². The van der Waals surface area contributed by atoms with Gasteiger partial charge in [0.1, 0.15) is 0 Å². The zero-order valence-electron chi connectivity index (χ0n) is 17.8. The number of carbonyl (C=O) groups excluding carboxylic acids is 1. The Morgan fingerprint density at radius 3 is 2.76 bits per heavy atom. The number of thiophene rings is 1. The highest BCUT2D eigenvalue weighted by Crippen LogP contribution is 2.29. The molecule has 0 radical (unpaired) electrons. The van der Waals surface area contributed by atoms with Crippen LogP contribution in [0.1, 0.15) is 18.4 Å².